The Bertz CT molecular complexity index is 978. The Balaban J connectivity index is 2.14. The van der Waals surface area contributed by atoms with Crippen LogP contribution in [0.15, 0.2) is 48.6 Å². The summed E-state index contributed by atoms with van der Waals surface area (Å²) in [5.74, 6) is -0.319. The van der Waals surface area contributed by atoms with Gasteiger partial charge in [0, 0.05) is 13.0 Å². The van der Waals surface area contributed by atoms with Crippen LogP contribution in [-0.4, -0.2) is 89.6 Å². The third-order valence-corrected chi connectivity index (χ3v) is 10.0. The van der Waals surface area contributed by atoms with Gasteiger partial charge in [-0.15, -0.1) is 0 Å². The van der Waals surface area contributed by atoms with E-state index in [2.05, 4.69) is 62.5 Å². The van der Waals surface area contributed by atoms with E-state index >= 15 is 0 Å². The molecule has 55 heavy (non-hydrogen) atoms. The second kappa shape index (κ2) is 37.7. The first-order valence-corrected chi connectivity index (χ1v) is 22.2. The normalized spacial score (nSPS) is 21.2. The number of ether oxygens (including phenoxy) is 4. The number of aliphatic hydroxyl groups excluding tert-OH is 4. The Morgan fingerprint density at radius 1 is 0.600 bits per heavy atom. The molecule has 1 rings (SSSR count). The molecule has 1 aliphatic heterocycles. The van der Waals surface area contributed by atoms with Crippen LogP contribution in [0.3, 0.4) is 0 Å². The van der Waals surface area contributed by atoms with Gasteiger partial charge in [0.25, 0.3) is 0 Å². The Hall–Kier alpha value is -1.85. The maximum Gasteiger partial charge on any atom is 0.306 e. The van der Waals surface area contributed by atoms with Crippen molar-refractivity contribution in [3.63, 3.8) is 0 Å². The lowest BCUT2D eigenvalue weighted by atomic mass is 9.99. The van der Waals surface area contributed by atoms with Gasteiger partial charge in [-0.1, -0.05) is 165 Å². The molecular weight excluding hydrogens is 696 g/mol. The average molecular weight is 779 g/mol. The van der Waals surface area contributed by atoms with Gasteiger partial charge in [-0.3, -0.25) is 4.79 Å². The molecule has 1 heterocycles. The molecule has 0 aromatic heterocycles. The Kier molecular flexibility index (Phi) is 35.1. The number of unbranched alkanes of at least 4 members (excludes halogenated alkanes) is 18. The lowest BCUT2D eigenvalue weighted by molar-refractivity contribution is -0.305. The highest BCUT2D eigenvalue weighted by atomic mass is 16.7. The number of aliphatic hydroxyl groups is 4. The molecule has 0 amide bonds. The van der Waals surface area contributed by atoms with Crippen molar-refractivity contribution in [2.75, 3.05) is 26.4 Å². The van der Waals surface area contributed by atoms with Crippen molar-refractivity contribution in [2.24, 2.45) is 0 Å². The monoisotopic (exact) mass is 779 g/mol. The van der Waals surface area contributed by atoms with Crippen LogP contribution in [0.1, 0.15) is 174 Å². The maximum atomic E-state index is 12.7. The molecule has 9 heteroatoms. The number of hydrogen-bond acceptors (Lipinski definition) is 9. The summed E-state index contributed by atoms with van der Waals surface area (Å²) in [7, 11) is 0. The number of esters is 1. The van der Waals surface area contributed by atoms with E-state index in [0.29, 0.717) is 13.0 Å². The third-order valence-electron chi connectivity index (χ3n) is 10.0. The minimum atomic E-state index is -1.53. The molecule has 0 aromatic rings. The predicted molar refractivity (Wildman–Crippen MR) is 224 cm³/mol. The molecule has 0 bridgehead atoms. The van der Waals surface area contributed by atoms with E-state index in [9.17, 15) is 25.2 Å². The van der Waals surface area contributed by atoms with Crippen LogP contribution in [0.2, 0.25) is 0 Å². The number of hydrogen-bond donors (Lipinski definition) is 4. The smallest absolute Gasteiger partial charge is 0.306 e. The van der Waals surface area contributed by atoms with Crippen LogP contribution in [0.25, 0.3) is 0 Å². The van der Waals surface area contributed by atoms with Gasteiger partial charge in [-0.25, -0.2) is 0 Å². The van der Waals surface area contributed by atoms with Crippen LogP contribution >= 0.6 is 0 Å². The molecule has 9 nitrogen and oxygen atoms in total. The van der Waals surface area contributed by atoms with Crippen molar-refractivity contribution in [3.05, 3.63) is 48.6 Å². The second-order valence-electron chi connectivity index (χ2n) is 15.1. The van der Waals surface area contributed by atoms with Gasteiger partial charge in [0.1, 0.15) is 30.5 Å². The molecule has 1 saturated heterocycles. The Labute approximate surface area is 335 Å². The fraction of sp³-hybridized carbons (Fsp3) is 0.804. The summed E-state index contributed by atoms with van der Waals surface area (Å²) in [6.07, 6.45) is 38.7. The van der Waals surface area contributed by atoms with Crippen molar-refractivity contribution in [1.82, 2.24) is 0 Å². The standard InChI is InChI=1S/C46H82O9/c1-3-5-7-9-11-12-13-14-15-16-17-18-19-20-21-22-23-24-25-26-27-28-29-31-33-35-42(48)54-40(38-52-36-34-32-30-10-8-6-4-2)39-53-46-45(51)44(50)43(49)41(37-47)55-46/h5,7,11-12,14-15,17-18,40-41,43-47,49-51H,3-4,6,8-10,13,16,19-39H2,1-2H3/b7-5-,12-11-,15-14-,18-17-. The maximum absolute atomic E-state index is 12.7. The van der Waals surface area contributed by atoms with Crippen LogP contribution < -0.4 is 0 Å². The molecule has 0 saturated carbocycles. The van der Waals surface area contributed by atoms with Gasteiger partial charge in [0.2, 0.25) is 0 Å². The van der Waals surface area contributed by atoms with Crippen molar-refractivity contribution < 1.29 is 44.2 Å². The number of carbonyl (C=O) groups excluding carboxylic acids is 1. The molecular formula is C46H82O9. The Morgan fingerprint density at radius 3 is 1.67 bits per heavy atom. The van der Waals surface area contributed by atoms with Gasteiger partial charge in [-0.05, 0) is 51.4 Å². The molecule has 4 N–H and O–H groups in total. The largest absolute Gasteiger partial charge is 0.457 e. The van der Waals surface area contributed by atoms with E-state index in [-0.39, 0.29) is 19.2 Å². The lowest BCUT2D eigenvalue weighted by Crippen LogP contribution is -2.59. The van der Waals surface area contributed by atoms with Gasteiger partial charge >= 0.3 is 5.97 Å². The molecule has 0 spiro atoms. The van der Waals surface area contributed by atoms with E-state index in [1.807, 2.05) is 0 Å². The molecule has 6 atom stereocenters. The first-order valence-electron chi connectivity index (χ1n) is 22.2. The van der Waals surface area contributed by atoms with Crippen LogP contribution in [0, 0.1) is 0 Å². The lowest BCUT2D eigenvalue weighted by Gasteiger charge is -2.39. The number of carbonyl (C=O) groups is 1. The van der Waals surface area contributed by atoms with Crippen LogP contribution in [0.5, 0.6) is 0 Å². The van der Waals surface area contributed by atoms with E-state index in [1.54, 1.807) is 0 Å². The summed E-state index contributed by atoms with van der Waals surface area (Å²) >= 11 is 0. The first kappa shape index (κ1) is 51.2. The quantitative estimate of drug-likeness (QED) is 0.0276. The summed E-state index contributed by atoms with van der Waals surface area (Å²) in [5, 5.41) is 40.0. The molecule has 0 radical (unpaired) electrons. The van der Waals surface area contributed by atoms with Crippen molar-refractivity contribution >= 4 is 5.97 Å². The predicted octanol–water partition coefficient (Wildman–Crippen LogP) is 9.75. The summed E-state index contributed by atoms with van der Waals surface area (Å²) in [4.78, 5) is 12.7. The molecule has 6 unspecified atom stereocenters. The van der Waals surface area contributed by atoms with E-state index in [1.165, 1.54) is 96.3 Å². The molecule has 320 valence electrons. The van der Waals surface area contributed by atoms with Gasteiger partial charge in [0.15, 0.2) is 6.29 Å². The summed E-state index contributed by atoms with van der Waals surface area (Å²) < 4.78 is 22.7. The SMILES string of the molecule is CC/C=C\C/C=C\C/C=C\C/C=C\CCCCCCCCCCCCCCC(=O)OC(COCCCCCCCCC)COC1OC(CO)C(O)C(O)C1O. The van der Waals surface area contributed by atoms with Crippen molar-refractivity contribution in [1.29, 1.82) is 0 Å². The minimum Gasteiger partial charge on any atom is -0.457 e. The van der Waals surface area contributed by atoms with E-state index < -0.39 is 43.4 Å². The van der Waals surface area contributed by atoms with Crippen molar-refractivity contribution in [3.8, 4) is 0 Å². The second-order valence-corrected chi connectivity index (χ2v) is 15.1. The minimum absolute atomic E-state index is 0.114. The summed E-state index contributed by atoms with van der Waals surface area (Å²) in [5.41, 5.74) is 0. The van der Waals surface area contributed by atoms with Crippen LogP contribution in [0.4, 0.5) is 0 Å². The zero-order valence-corrected chi connectivity index (χ0v) is 34.9. The fourth-order valence-corrected chi connectivity index (χ4v) is 6.54. The molecule has 1 fully saturated rings. The zero-order chi connectivity index (χ0) is 40.0. The number of allylic oxidation sites excluding steroid dienone is 8. The van der Waals surface area contributed by atoms with Gasteiger partial charge < -0.3 is 39.4 Å². The van der Waals surface area contributed by atoms with Crippen LogP contribution in [-0.2, 0) is 23.7 Å². The average Bonchev–Trinajstić information content (AvgIpc) is 3.18. The van der Waals surface area contributed by atoms with E-state index in [4.69, 9.17) is 18.9 Å². The molecule has 0 aliphatic carbocycles. The first-order chi connectivity index (χ1) is 26.9. The third kappa shape index (κ3) is 29.1. The highest BCUT2D eigenvalue weighted by Crippen LogP contribution is 2.22. The highest BCUT2D eigenvalue weighted by Gasteiger charge is 2.44. The summed E-state index contributed by atoms with van der Waals surface area (Å²) in [6.45, 7) is 4.41. The van der Waals surface area contributed by atoms with Crippen molar-refractivity contribution in [2.45, 2.75) is 211 Å². The van der Waals surface area contributed by atoms with E-state index in [0.717, 1.165) is 57.8 Å². The van der Waals surface area contributed by atoms with Gasteiger partial charge in [0.05, 0.1) is 19.8 Å². The Morgan fingerprint density at radius 2 is 1.11 bits per heavy atom. The van der Waals surface area contributed by atoms with Gasteiger partial charge in [-0.2, -0.15) is 0 Å². The molecule has 1 aliphatic rings. The zero-order valence-electron chi connectivity index (χ0n) is 34.9. The number of rotatable bonds is 37. The highest BCUT2D eigenvalue weighted by molar-refractivity contribution is 5.69. The topological polar surface area (TPSA) is 135 Å². The fourth-order valence-electron chi connectivity index (χ4n) is 6.54. The summed E-state index contributed by atoms with van der Waals surface area (Å²) in [6, 6.07) is 0. The molecule has 0 aromatic carbocycles.